The number of ether oxygens (including phenoxy) is 1. The molecule has 0 aliphatic heterocycles. The van der Waals surface area contributed by atoms with E-state index < -0.39 is 11.5 Å². The van der Waals surface area contributed by atoms with Gasteiger partial charge in [0.1, 0.15) is 22.6 Å². The number of nitrogens with zero attached hydrogens (tertiary/aromatic N) is 3. The summed E-state index contributed by atoms with van der Waals surface area (Å²) >= 11 is 0. The van der Waals surface area contributed by atoms with Crippen LogP contribution in [0.25, 0.3) is 22.2 Å². The quantitative estimate of drug-likeness (QED) is 0.437. The van der Waals surface area contributed by atoms with Gasteiger partial charge in [0, 0.05) is 42.5 Å². The zero-order chi connectivity index (χ0) is 22.0. The molecule has 1 amide bonds. The maximum absolute atomic E-state index is 12.9. The van der Waals surface area contributed by atoms with Crippen molar-refractivity contribution >= 4 is 16.9 Å². The fourth-order valence-electron chi connectivity index (χ4n) is 3.14. The lowest BCUT2D eigenvalue weighted by Gasteiger charge is -2.15. The highest BCUT2D eigenvalue weighted by Gasteiger charge is 2.20. The largest absolute Gasteiger partial charge is 0.491 e. The van der Waals surface area contributed by atoms with Gasteiger partial charge in [0.25, 0.3) is 5.91 Å². The van der Waals surface area contributed by atoms with Gasteiger partial charge < -0.3 is 18.6 Å². The van der Waals surface area contributed by atoms with Gasteiger partial charge in [-0.2, -0.15) is 0 Å². The fraction of sp³-hybridized carbons (Fsp3) is 0.217. The summed E-state index contributed by atoms with van der Waals surface area (Å²) in [5.74, 6) is 0.612. The summed E-state index contributed by atoms with van der Waals surface area (Å²) in [5, 5.41) is 4.66. The molecule has 31 heavy (non-hydrogen) atoms. The van der Waals surface area contributed by atoms with Crippen LogP contribution in [0.5, 0.6) is 5.75 Å². The van der Waals surface area contributed by atoms with Crippen LogP contribution in [0.3, 0.4) is 0 Å². The van der Waals surface area contributed by atoms with E-state index in [9.17, 15) is 9.59 Å². The average Bonchev–Trinajstić information content (AvgIpc) is 3.21. The van der Waals surface area contributed by atoms with Gasteiger partial charge in [0.15, 0.2) is 5.76 Å². The van der Waals surface area contributed by atoms with E-state index in [0.29, 0.717) is 28.2 Å². The molecule has 0 aliphatic carbocycles. The summed E-state index contributed by atoms with van der Waals surface area (Å²) in [4.78, 5) is 30.7. The molecule has 0 unspecified atom stereocenters. The molecule has 4 rings (SSSR count). The molecule has 0 atom stereocenters. The van der Waals surface area contributed by atoms with E-state index in [4.69, 9.17) is 13.7 Å². The lowest BCUT2D eigenvalue weighted by atomic mass is 10.1. The maximum atomic E-state index is 12.9. The van der Waals surface area contributed by atoms with Gasteiger partial charge in [0.2, 0.25) is 0 Å². The minimum Gasteiger partial charge on any atom is -0.491 e. The van der Waals surface area contributed by atoms with Gasteiger partial charge in [-0.3, -0.25) is 9.78 Å². The van der Waals surface area contributed by atoms with Crippen LogP contribution in [0, 0.1) is 0 Å². The molecule has 0 aliphatic rings. The summed E-state index contributed by atoms with van der Waals surface area (Å²) in [5.41, 5.74) is 1.10. The Morgan fingerprint density at radius 1 is 1.13 bits per heavy atom. The van der Waals surface area contributed by atoms with Crippen LogP contribution in [0.1, 0.15) is 30.0 Å². The second kappa shape index (κ2) is 8.43. The van der Waals surface area contributed by atoms with Crippen molar-refractivity contribution in [1.29, 1.82) is 0 Å². The number of carbonyl (C=O) groups is 1. The molecule has 3 aromatic heterocycles. The first-order chi connectivity index (χ1) is 14.9. The molecule has 0 fully saturated rings. The minimum absolute atomic E-state index is 0.00571. The van der Waals surface area contributed by atoms with Crippen molar-refractivity contribution in [2.45, 2.75) is 26.5 Å². The second-order valence-corrected chi connectivity index (χ2v) is 7.39. The monoisotopic (exact) mass is 419 g/mol. The number of rotatable bonds is 6. The van der Waals surface area contributed by atoms with E-state index in [-0.39, 0.29) is 18.2 Å². The van der Waals surface area contributed by atoms with E-state index in [1.165, 1.54) is 11.0 Å². The summed E-state index contributed by atoms with van der Waals surface area (Å²) in [7, 11) is 1.58. The summed E-state index contributed by atoms with van der Waals surface area (Å²) in [6.07, 6.45) is 3.32. The number of hydrogen-bond donors (Lipinski definition) is 0. The van der Waals surface area contributed by atoms with Crippen molar-refractivity contribution in [2.24, 2.45) is 0 Å². The van der Waals surface area contributed by atoms with Crippen LogP contribution in [-0.4, -0.2) is 34.1 Å². The Morgan fingerprint density at radius 2 is 1.90 bits per heavy atom. The Bertz CT molecular complexity index is 1280. The van der Waals surface area contributed by atoms with E-state index in [0.717, 1.165) is 5.56 Å². The number of aromatic nitrogens is 2. The third kappa shape index (κ3) is 4.48. The molecule has 158 valence electrons. The van der Waals surface area contributed by atoms with Crippen LogP contribution in [0.2, 0.25) is 0 Å². The predicted molar refractivity (Wildman–Crippen MR) is 114 cm³/mol. The number of pyridine rings is 1. The van der Waals surface area contributed by atoms with Crippen molar-refractivity contribution in [3.63, 3.8) is 0 Å². The van der Waals surface area contributed by atoms with Crippen molar-refractivity contribution in [2.75, 3.05) is 7.05 Å². The van der Waals surface area contributed by atoms with Crippen LogP contribution in [-0.2, 0) is 6.54 Å². The van der Waals surface area contributed by atoms with Crippen LogP contribution < -0.4 is 10.4 Å². The van der Waals surface area contributed by atoms with Crippen LogP contribution in [0.15, 0.2) is 68.6 Å². The highest BCUT2D eigenvalue weighted by Crippen LogP contribution is 2.22. The Labute approximate surface area is 178 Å². The van der Waals surface area contributed by atoms with Crippen molar-refractivity contribution in [3.05, 3.63) is 76.6 Å². The zero-order valence-electron chi connectivity index (χ0n) is 17.4. The first kappa shape index (κ1) is 20.3. The standard InChI is InChI=1S/C23H21N3O5/c1-14(2)29-17-5-4-16-10-19(23(28)30-21(16)12-17)22(27)26(3)13-18-11-20(25-31-18)15-6-8-24-9-7-15/h4-12,14H,13H2,1-3H3. The van der Waals surface area contributed by atoms with Gasteiger partial charge in [0.05, 0.1) is 12.6 Å². The topological polar surface area (TPSA) is 98.7 Å². The highest BCUT2D eigenvalue weighted by molar-refractivity contribution is 5.96. The number of fused-ring (bicyclic) bond motifs is 1. The van der Waals surface area contributed by atoms with Crippen molar-refractivity contribution in [3.8, 4) is 17.0 Å². The van der Waals surface area contributed by atoms with Crippen LogP contribution >= 0.6 is 0 Å². The second-order valence-electron chi connectivity index (χ2n) is 7.39. The summed E-state index contributed by atoms with van der Waals surface area (Å²) in [6.45, 7) is 3.97. The Hall–Kier alpha value is -3.94. The Kier molecular flexibility index (Phi) is 5.53. The molecule has 0 radical (unpaired) electrons. The molecule has 4 aromatic rings. The van der Waals surface area contributed by atoms with E-state index in [1.807, 2.05) is 26.0 Å². The SMILES string of the molecule is CC(C)Oc1ccc2cc(C(=O)N(C)Cc3cc(-c4ccncc4)no3)c(=O)oc2c1. The smallest absolute Gasteiger partial charge is 0.349 e. The maximum Gasteiger partial charge on any atom is 0.349 e. The normalized spacial score (nSPS) is 11.1. The van der Waals surface area contributed by atoms with Crippen LogP contribution in [0.4, 0.5) is 0 Å². The molecule has 0 saturated carbocycles. The predicted octanol–water partition coefficient (Wildman–Crippen LogP) is 3.90. The molecule has 0 spiro atoms. The first-order valence-corrected chi connectivity index (χ1v) is 9.77. The number of carbonyl (C=O) groups excluding carboxylic acids is 1. The van der Waals surface area contributed by atoms with Gasteiger partial charge >= 0.3 is 5.63 Å². The molecule has 0 saturated heterocycles. The third-order valence-corrected chi connectivity index (χ3v) is 4.58. The molecule has 0 bridgehead atoms. The number of benzene rings is 1. The van der Waals surface area contributed by atoms with E-state index >= 15 is 0 Å². The molecular weight excluding hydrogens is 398 g/mol. The molecule has 8 nitrogen and oxygen atoms in total. The Morgan fingerprint density at radius 3 is 2.65 bits per heavy atom. The van der Waals surface area contributed by atoms with Gasteiger partial charge in [-0.05, 0) is 44.2 Å². The molecule has 1 aromatic carbocycles. The molecule has 8 heteroatoms. The Balaban J connectivity index is 1.54. The van der Waals surface area contributed by atoms with E-state index in [2.05, 4.69) is 10.1 Å². The van der Waals surface area contributed by atoms with Gasteiger partial charge in [-0.15, -0.1) is 0 Å². The van der Waals surface area contributed by atoms with E-state index in [1.54, 1.807) is 43.7 Å². The first-order valence-electron chi connectivity index (χ1n) is 9.77. The minimum atomic E-state index is -0.707. The lowest BCUT2D eigenvalue weighted by Crippen LogP contribution is -2.30. The summed E-state index contributed by atoms with van der Waals surface area (Å²) in [6, 6.07) is 12.1. The van der Waals surface area contributed by atoms with Crippen molar-refractivity contribution in [1.82, 2.24) is 15.0 Å². The molecular formula is C23H21N3O5. The lowest BCUT2D eigenvalue weighted by molar-refractivity contribution is 0.0768. The fourth-order valence-corrected chi connectivity index (χ4v) is 3.14. The molecule has 3 heterocycles. The zero-order valence-corrected chi connectivity index (χ0v) is 17.4. The highest BCUT2D eigenvalue weighted by atomic mass is 16.5. The molecule has 0 N–H and O–H groups in total. The summed E-state index contributed by atoms with van der Waals surface area (Å²) < 4.78 is 16.3. The third-order valence-electron chi connectivity index (χ3n) is 4.58. The van der Waals surface area contributed by atoms with Gasteiger partial charge in [-0.1, -0.05) is 5.16 Å². The number of hydrogen-bond acceptors (Lipinski definition) is 7. The van der Waals surface area contributed by atoms with Gasteiger partial charge in [-0.25, -0.2) is 4.79 Å². The van der Waals surface area contributed by atoms with Crippen molar-refractivity contribution < 1.29 is 18.5 Å². The average molecular weight is 419 g/mol. The number of amides is 1.